The van der Waals surface area contributed by atoms with Gasteiger partial charge in [0.1, 0.15) is 25.9 Å². The first-order valence-electron chi connectivity index (χ1n) is 8.17. The normalized spacial score (nSPS) is 13.6. The maximum absolute atomic E-state index is 11.9. The molecule has 0 aromatic carbocycles. The third-order valence-corrected chi connectivity index (χ3v) is 2.89. The minimum absolute atomic E-state index is 0.163. The van der Waals surface area contributed by atoms with Gasteiger partial charge in [0.2, 0.25) is 0 Å². The molecule has 0 aromatic heterocycles. The highest BCUT2D eigenvalue weighted by molar-refractivity contribution is 5.91. The number of methoxy groups -OCH3 is 1. The average Bonchev–Trinajstić information content (AvgIpc) is 2.53. The van der Waals surface area contributed by atoms with Crippen LogP contribution in [-0.4, -0.2) is 93.7 Å². The molecular formula is C17H28NO9+. The molecule has 1 unspecified atom stereocenters. The molecule has 0 heterocycles. The zero-order valence-electron chi connectivity index (χ0n) is 16.3. The molecule has 10 heteroatoms. The van der Waals surface area contributed by atoms with Gasteiger partial charge in [-0.05, 0) is 0 Å². The Hall–Kier alpha value is -2.46. The molecule has 0 spiro atoms. The van der Waals surface area contributed by atoms with E-state index < -0.39 is 49.3 Å². The molecule has 0 amide bonds. The molecule has 154 valence electrons. The number of hydrogen-bond donors (Lipinski definition) is 1. The summed E-state index contributed by atoms with van der Waals surface area (Å²) < 4.78 is 19.5. The van der Waals surface area contributed by atoms with Gasteiger partial charge in [-0.15, -0.1) is 0 Å². The number of carbonyl (C=O) groups is 4. The maximum atomic E-state index is 11.9. The third kappa shape index (κ3) is 14.4. The molecule has 27 heavy (non-hydrogen) atoms. The summed E-state index contributed by atoms with van der Waals surface area (Å²) >= 11 is 0. The van der Waals surface area contributed by atoms with E-state index >= 15 is 0 Å². The number of rotatable bonds is 11. The molecule has 10 nitrogen and oxygen atoms in total. The summed E-state index contributed by atoms with van der Waals surface area (Å²) in [6, 6.07) is 0. The van der Waals surface area contributed by atoms with Crippen LogP contribution >= 0.6 is 0 Å². The Morgan fingerprint density at radius 3 is 2.07 bits per heavy atom. The van der Waals surface area contributed by atoms with Crippen LogP contribution in [0, 0.1) is 0 Å². The van der Waals surface area contributed by atoms with Gasteiger partial charge in [0.15, 0.2) is 6.10 Å². The van der Waals surface area contributed by atoms with Crippen LogP contribution in [0.4, 0.5) is 0 Å². The highest BCUT2D eigenvalue weighted by Gasteiger charge is 2.25. The zero-order chi connectivity index (χ0) is 21.0. The Labute approximate surface area is 158 Å². The summed E-state index contributed by atoms with van der Waals surface area (Å²) in [5, 5.41) is 9.68. The minimum atomic E-state index is -1.24. The number of carbonyl (C=O) groups excluding carboxylic acids is 4. The van der Waals surface area contributed by atoms with Gasteiger partial charge >= 0.3 is 23.9 Å². The quantitative estimate of drug-likeness (QED) is 0.209. The highest BCUT2D eigenvalue weighted by atomic mass is 16.6. The lowest BCUT2D eigenvalue weighted by Gasteiger charge is -2.28. The van der Waals surface area contributed by atoms with Crippen molar-refractivity contribution in [2.45, 2.75) is 25.6 Å². The number of hydrogen-bond acceptors (Lipinski definition) is 9. The number of esters is 4. The highest BCUT2D eigenvalue weighted by Crippen LogP contribution is 2.07. The molecule has 0 aliphatic rings. The molecule has 0 aromatic rings. The Morgan fingerprint density at radius 1 is 1.00 bits per heavy atom. The van der Waals surface area contributed by atoms with Crippen molar-refractivity contribution in [2.75, 3.05) is 48.0 Å². The smallest absolute Gasteiger partial charge is 0.331 e. The molecule has 0 saturated carbocycles. The molecular weight excluding hydrogens is 362 g/mol. The summed E-state index contributed by atoms with van der Waals surface area (Å²) in [5.74, 6) is -2.75. The molecule has 0 bridgehead atoms. The second-order valence-electron chi connectivity index (χ2n) is 6.73. The van der Waals surface area contributed by atoms with Crippen LogP contribution in [0.3, 0.4) is 0 Å². The van der Waals surface area contributed by atoms with Crippen molar-refractivity contribution >= 4 is 23.9 Å². The van der Waals surface area contributed by atoms with E-state index in [-0.39, 0.29) is 6.42 Å². The largest absolute Gasteiger partial charge is 0.466 e. The van der Waals surface area contributed by atoms with Gasteiger partial charge in [0, 0.05) is 19.1 Å². The van der Waals surface area contributed by atoms with Crippen molar-refractivity contribution in [1.29, 1.82) is 0 Å². The van der Waals surface area contributed by atoms with Crippen LogP contribution in [0.5, 0.6) is 0 Å². The van der Waals surface area contributed by atoms with Crippen LogP contribution in [0.25, 0.3) is 0 Å². The van der Waals surface area contributed by atoms with Crippen LogP contribution in [-0.2, 0) is 38.1 Å². The SMILES string of the molecule is COC(=O)/C=C/C(=O)OCC(O)COC(=O)C[C@H](C[N+](C)(C)C)OC(C)=O. The number of likely N-dealkylation sites (N-methyl/N-ethyl adjacent to an activating group) is 1. The van der Waals surface area contributed by atoms with E-state index in [1.807, 2.05) is 21.1 Å². The molecule has 0 radical (unpaired) electrons. The summed E-state index contributed by atoms with van der Waals surface area (Å²) in [5.41, 5.74) is 0. The van der Waals surface area contributed by atoms with Crippen LogP contribution in [0.1, 0.15) is 13.3 Å². The Kier molecular flexibility index (Phi) is 10.9. The van der Waals surface area contributed by atoms with Gasteiger partial charge < -0.3 is 28.5 Å². The Morgan fingerprint density at radius 2 is 1.56 bits per heavy atom. The summed E-state index contributed by atoms with van der Waals surface area (Å²) in [6.45, 7) is 0.829. The van der Waals surface area contributed by atoms with E-state index in [0.717, 1.165) is 19.3 Å². The Bertz CT molecular complexity index is 551. The van der Waals surface area contributed by atoms with Crippen LogP contribution < -0.4 is 0 Å². The van der Waals surface area contributed by atoms with E-state index in [4.69, 9.17) is 9.47 Å². The van der Waals surface area contributed by atoms with E-state index in [1.165, 1.54) is 6.92 Å². The fraction of sp³-hybridized carbons (Fsp3) is 0.647. The van der Waals surface area contributed by atoms with Crippen molar-refractivity contribution < 1.29 is 47.7 Å². The summed E-state index contributed by atoms with van der Waals surface area (Å²) in [4.78, 5) is 45.1. The average molecular weight is 390 g/mol. The van der Waals surface area contributed by atoms with Gasteiger partial charge in [0.05, 0.1) is 34.7 Å². The second kappa shape index (κ2) is 12.0. The van der Waals surface area contributed by atoms with Crippen molar-refractivity contribution in [3.8, 4) is 0 Å². The lowest BCUT2D eigenvalue weighted by atomic mass is 10.2. The fourth-order valence-electron chi connectivity index (χ4n) is 1.90. The van der Waals surface area contributed by atoms with Gasteiger partial charge in [-0.1, -0.05) is 0 Å². The second-order valence-corrected chi connectivity index (χ2v) is 6.73. The molecule has 0 aliphatic carbocycles. The predicted octanol–water partition coefficient (Wildman–Crippen LogP) is -0.809. The van der Waals surface area contributed by atoms with Crippen molar-refractivity contribution in [2.24, 2.45) is 0 Å². The predicted molar refractivity (Wildman–Crippen MR) is 92.2 cm³/mol. The standard InChI is InChI=1S/C17H28NO9/c1-12(19)27-14(9-18(2,3)4)8-17(23)26-11-13(20)10-25-16(22)7-6-15(21)24-5/h6-7,13-14,20H,8-11H2,1-5H3/q+1/b7-6+/t13?,14-/m1/s1. The zero-order valence-corrected chi connectivity index (χ0v) is 16.3. The van der Waals surface area contributed by atoms with E-state index in [9.17, 15) is 24.3 Å². The van der Waals surface area contributed by atoms with Gasteiger partial charge in [-0.3, -0.25) is 9.59 Å². The van der Waals surface area contributed by atoms with Gasteiger partial charge in [-0.25, -0.2) is 9.59 Å². The molecule has 0 rings (SSSR count). The van der Waals surface area contributed by atoms with Crippen molar-refractivity contribution in [3.05, 3.63) is 12.2 Å². The molecule has 1 N–H and O–H groups in total. The van der Waals surface area contributed by atoms with Crippen LogP contribution in [0.2, 0.25) is 0 Å². The number of quaternary nitrogens is 1. The monoisotopic (exact) mass is 390 g/mol. The van der Waals surface area contributed by atoms with Gasteiger partial charge in [0.25, 0.3) is 0 Å². The topological polar surface area (TPSA) is 125 Å². The lowest BCUT2D eigenvalue weighted by Crippen LogP contribution is -2.43. The minimum Gasteiger partial charge on any atom is -0.466 e. The van der Waals surface area contributed by atoms with Crippen molar-refractivity contribution in [3.63, 3.8) is 0 Å². The summed E-state index contributed by atoms with van der Waals surface area (Å²) in [6.07, 6.45) is -0.344. The van der Waals surface area contributed by atoms with E-state index in [2.05, 4.69) is 9.47 Å². The number of ether oxygens (including phenoxy) is 4. The number of aliphatic hydroxyl groups is 1. The molecule has 0 fully saturated rings. The van der Waals surface area contributed by atoms with E-state index in [0.29, 0.717) is 11.0 Å². The number of aliphatic hydroxyl groups excluding tert-OH is 1. The van der Waals surface area contributed by atoms with Crippen LogP contribution in [0.15, 0.2) is 12.2 Å². The molecule has 0 saturated heterocycles. The Balaban J connectivity index is 4.30. The first kappa shape index (κ1) is 24.5. The molecule has 0 aliphatic heterocycles. The maximum Gasteiger partial charge on any atom is 0.331 e. The summed E-state index contributed by atoms with van der Waals surface area (Å²) in [7, 11) is 6.81. The fourth-order valence-corrected chi connectivity index (χ4v) is 1.90. The van der Waals surface area contributed by atoms with E-state index in [1.54, 1.807) is 0 Å². The lowest BCUT2D eigenvalue weighted by molar-refractivity contribution is -0.873. The van der Waals surface area contributed by atoms with Crippen molar-refractivity contribution in [1.82, 2.24) is 0 Å². The first-order valence-corrected chi connectivity index (χ1v) is 8.17. The number of nitrogens with zero attached hydrogens (tertiary/aromatic N) is 1. The third-order valence-electron chi connectivity index (χ3n) is 2.89. The van der Waals surface area contributed by atoms with Gasteiger partial charge in [-0.2, -0.15) is 0 Å². The first-order chi connectivity index (χ1) is 12.4. The molecule has 2 atom stereocenters.